The molecule has 0 saturated heterocycles. The normalized spacial score (nSPS) is 11.1. The Morgan fingerprint density at radius 1 is 1.10 bits per heavy atom. The monoisotopic (exact) mass is 392 g/mol. The van der Waals surface area contributed by atoms with Crippen LogP contribution in [0.15, 0.2) is 80.4 Å². The van der Waals surface area contributed by atoms with Crippen molar-refractivity contribution in [1.82, 2.24) is 9.13 Å². The fourth-order valence-electron chi connectivity index (χ4n) is 3.17. The van der Waals surface area contributed by atoms with Gasteiger partial charge >= 0.3 is 5.69 Å². The molecule has 0 aliphatic carbocycles. The number of benzene rings is 1. The molecule has 0 amide bonds. The van der Waals surface area contributed by atoms with E-state index in [1.54, 1.807) is 25.5 Å². The van der Waals surface area contributed by atoms with Gasteiger partial charge in [0.2, 0.25) is 0 Å². The SMILES string of the molecule is C=CCN(Cc1ccccc1)c1c(C=NCc2ccco2)c(=O)n(C)c(=O)n1C. The molecule has 7 heteroatoms. The highest BCUT2D eigenvalue weighted by molar-refractivity contribution is 5.86. The summed E-state index contributed by atoms with van der Waals surface area (Å²) in [4.78, 5) is 31.8. The first-order valence-electron chi connectivity index (χ1n) is 9.25. The van der Waals surface area contributed by atoms with E-state index < -0.39 is 11.2 Å². The topological polar surface area (TPSA) is 72.7 Å². The van der Waals surface area contributed by atoms with E-state index in [0.717, 1.165) is 10.1 Å². The zero-order valence-electron chi connectivity index (χ0n) is 16.6. The summed E-state index contributed by atoms with van der Waals surface area (Å²) in [6, 6.07) is 13.5. The average Bonchev–Trinajstić information content (AvgIpc) is 3.24. The van der Waals surface area contributed by atoms with Crippen molar-refractivity contribution in [3.05, 3.63) is 99.1 Å². The van der Waals surface area contributed by atoms with Crippen molar-refractivity contribution in [3.63, 3.8) is 0 Å². The standard InChI is InChI=1S/C22H24N4O3/c1-4-12-26(16-17-9-6-5-7-10-17)20-19(15-23-14-18-11-8-13-29-18)21(27)25(3)22(28)24(20)2/h4-11,13,15H,1,12,14,16H2,2-3H3. The van der Waals surface area contributed by atoms with Crippen molar-refractivity contribution in [2.75, 3.05) is 11.4 Å². The van der Waals surface area contributed by atoms with Crippen LogP contribution in [0.4, 0.5) is 5.82 Å². The molecule has 0 aliphatic heterocycles. The smallest absolute Gasteiger partial charge is 0.332 e. The fraction of sp³-hybridized carbons (Fsp3) is 0.227. The zero-order valence-corrected chi connectivity index (χ0v) is 16.6. The molecule has 3 aromatic rings. The van der Waals surface area contributed by atoms with Crippen LogP contribution in [0.3, 0.4) is 0 Å². The quantitative estimate of drug-likeness (QED) is 0.436. The molecule has 150 valence electrons. The van der Waals surface area contributed by atoms with Gasteiger partial charge in [0.05, 0.1) is 18.4 Å². The van der Waals surface area contributed by atoms with Gasteiger partial charge in [-0.15, -0.1) is 6.58 Å². The van der Waals surface area contributed by atoms with Gasteiger partial charge in [-0.3, -0.25) is 18.9 Å². The van der Waals surface area contributed by atoms with Gasteiger partial charge in [0.1, 0.15) is 11.6 Å². The molecule has 0 fully saturated rings. The highest BCUT2D eigenvalue weighted by Crippen LogP contribution is 2.18. The highest BCUT2D eigenvalue weighted by atomic mass is 16.3. The van der Waals surface area contributed by atoms with E-state index in [4.69, 9.17) is 4.42 Å². The Kier molecular flexibility index (Phi) is 6.29. The lowest BCUT2D eigenvalue weighted by Crippen LogP contribution is -2.43. The van der Waals surface area contributed by atoms with Gasteiger partial charge in [0.15, 0.2) is 0 Å². The van der Waals surface area contributed by atoms with Gasteiger partial charge in [0, 0.05) is 33.4 Å². The molecular formula is C22H24N4O3. The summed E-state index contributed by atoms with van der Waals surface area (Å²) >= 11 is 0. The molecule has 0 N–H and O–H groups in total. The van der Waals surface area contributed by atoms with E-state index >= 15 is 0 Å². The average molecular weight is 392 g/mol. The number of aromatic nitrogens is 2. The number of anilines is 1. The van der Waals surface area contributed by atoms with E-state index in [1.165, 1.54) is 17.8 Å². The third-order valence-corrected chi connectivity index (χ3v) is 4.58. The molecule has 7 nitrogen and oxygen atoms in total. The van der Waals surface area contributed by atoms with E-state index in [1.807, 2.05) is 41.3 Å². The van der Waals surface area contributed by atoms with Crippen molar-refractivity contribution in [2.24, 2.45) is 19.1 Å². The van der Waals surface area contributed by atoms with Crippen molar-refractivity contribution in [2.45, 2.75) is 13.1 Å². The lowest BCUT2D eigenvalue weighted by atomic mass is 10.2. The minimum Gasteiger partial charge on any atom is -0.467 e. The Hall–Kier alpha value is -3.61. The molecule has 3 rings (SSSR count). The minimum absolute atomic E-state index is 0.304. The molecule has 1 aromatic carbocycles. The summed E-state index contributed by atoms with van der Waals surface area (Å²) in [5.41, 5.74) is 0.614. The number of nitrogens with zero attached hydrogens (tertiary/aromatic N) is 4. The summed E-state index contributed by atoms with van der Waals surface area (Å²) in [6.45, 7) is 5.12. The summed E-state index contributed by atoms with van der Waals surface area (Å²) in [5, 5.41) is 0. The Labute approximate surface area is 168 Å². The van der Waals surface area contributed by atoms with Gasteiger partial charge in [-0.1, -0.05) is 36.4 Å². The van der Waals surface area contributed by atoms with Crippen LogP contribution in [-0.2, 0) is 27.2 Å². The number of hydrogen-bond acceptors (Lipinski definition) is 5. The molecule has 29 heavy (non-hydrogen) atoms. The molecule has 2 heterocycles. The first-order chi connectivity index (χ1) is 14.0. The van der Waals surface area contributed by atoms with E-state index in [9.17, 15) is 9.59 Å². The van der Waals surface area contributed by atoms with Gasteiger partial charge in [-0.05, 0) is 17.7 Å². The first-order valence-corrected chi connectivity index (χ1v) is 9.25. The molecule has 0 radical (unpaired) electrons. The molecule has 0 unspecified atom stereocenters. The molecular weight excluding hydrogens is 368 g/mol. The van der Waals surface area contributed by atoms with Crippen LogP contribution in [0.5, 0.6) is 0 Å². The number of aliphatic imine (C=N–C) groups is 1. The van der Waals surface area contributed by atoms with Crippen LogP contribution in [0.25, 0.3) is 0 Å². The predicted molar refractivity (Wildman–Crippen MR) is 115 cm³/mol. The second kappa shape index (κ2) is 9.05. The van der Waals surface area contributed by atoms with Crippen molar-refractivity contribution >= 4 is 12.0 Å². The molecule has 0 spiro atoms. The minimum atomic E-state index is -0.395. The van der Waals surface area contributed by atoms with Crippen molar-refractivity contribution in [3.8, 4) is 0 Å². The molecule has 0 bridgehead atoms. The molecule has 0 aliphatic rings. The Morgan fingerprint density at radius 3 is 2.52 bits per heavy atom. The van der Waals surface area contributed by atoms with Crippen LogP contribution >= 0.6 is 0 Å². The van der Waals surface area contributed by atoms with Crippen LogP contribution in [0, 0.1) is 0 Å². The van der Waals surface area contributed by atoms with Crippen LogP contribution < -0.4 is 16.1 Å². The first kappa shape index (κ1) is 20.1. The Bertz CT molecular complexity index is 1110. The van der Waals surface area contributed by atoms with Crippen molar-refractivity contribution < 1.29 is 4.42 Å². The van der Waals surface area contributed by atoms with Gasteiger partial charge < -0.3 is 9.32 Å². The van der Waals surface area contributed by atoms with Crippen molar-refractivity contribution in [1.29, 1.82) is 0 Å². The molecule has 0 saturated carbocycles. The van der Waals surface area contributed by atoms with Crippen LogP contribution in [0.2, 0.25) is 0 Å². The van der Waals surface area contributed by atoms with Gasteiger partial charge in [0.25, 0.3) is 5.56 Å². The number of rotatable bonds is 8. The van der Waals surface area contributed by atoms with E-state index in [2.05, 4.69) is 11.6 Å². The van der Waals surface area contributed by atoms with Crippen LogP contribution in [-0.4, -0.2) is 21.9 Å². The van der Waals surface area contributed by atoms with Gasteiger partial charge in [-0.2, -0.15) is 0 Å². The maximum Gasteiger partial charge on any atom is 0.332 e. The lowest BCUT2D eigenvalue weighted by molar-refractivity contribution is 0.513. The second-order valence-corrected chi connectivity index (χ2v) is 6.65. The summed E-state index contributed by atoms with van der Waals surface area (Å²) in [7, 11) is 3.12. The van der Waals surface area contributed by atoms with Gasteiger partial charge in [-0.25, -0.2) is 4.79 Å². The largest absolute Gasteiger partial charge is 0.467 e. The van der Waals surface area contributed by atoms with E-state index in [0.29, 0.717) is 36.8 Å². The molecule has 0 atom stereocenters. The Morgan fingerprint density at radius 2 is 1.86 bits per heavy atom. The number of hydrogen-bond donors (Lipinski definition) is 0. The third kappa shape index (κ3) is 4.45. The zero-order chi connectivity index (χ0) is 20.8. The highest BCUT2D eigenvalue weighted by Gasteiger charge is 2.19. The van der Waals surface area contributed by atoms with Crippen LogP contribution in [0.1, 0.15) is 16.9 Å². The summed E-state index contributed by atoms with van der Waals surface area (Å²) < 4.78 is 7.85. The number of furan rings is 1. The summed E-state index contributed by atoms with van der Waals surface area (Å²) in [5.74, 6) is 1.20. The maximum atomic E-state index is 12.9. The summed E-state index contributed by atoms with van der Waals surface area (Å²) in [6.07, 6.45) is 4.84. The lowest BCUT2D eigenvalue weighted by Gasteiger charge is -2.27. The maximum absolute atomic E-state index is 12.9. The fourth-order valence-corrected chi connectivity index (χ4v) is 3.17. The third-order valence-electron chi connectivity index (χ3n) is 4.58. The molecule has 2 aromatic heterocycles. The van der Waals surface area contributed by atoms with E-state index in [-0.39, 0.29) is 0 Å². The predicted octanol–water partition coefficient (Wildman–Crippen LogP) is 2.49. The second-order valence-electron chi connectivity index (χ2n) is 6.65. The Balaban J connectivity index is 2.08.